The van der Waals surface area contributed by atoms with Gasteiger partial charge in [-0.1, -0.05) is 12.8 Å². The van der Waals surface area contributed by atoms with Gasteiger partial charge in [0.2, 0.25) is 0 Å². The molecule has 1 aromatic carbocycles. The molecule has 94 valence electrons. The van der Waals surface area contributed by atoms with Crippen LogP contribution in [0.25, 0.3) is 0 Å². The molecule has 1 aromatic rings. The van der Waals surface area contributed by atoms with Crippen LogP contribution < -0.4 is 0 Å². The molecule has 18 heavy (non-hydrogen) atoms. The Kier molecular flexibility index (Phi) is 3.28. The summed E-state index contributed by atoms with van der Waals surface area (Å²) in [4.78, 5) is 10.1. The second-order valence-corrected chi connectivity index (χ2v) is 4.85. The average molecular weight is 248 g/mol. The zero-order chi connectivity index (χ0) is 13.2. The summed E-state index contributed by atoms with van der Waals surface area (Å²) in [6.07, 6.45) is 3.94. The lowest BCUT2D eigenvalue weighted by atomic mass is 9.81. The van der Waals surface area contributed by atoms with E-state index in [0.717, 1.165) is 31.7 Å². The second kappa shape index (κ2) is 4.73. The zero-order valence-corrected chi connectivity index (χ0v) is 9.86. The van der Waals surface area contributed by atoms with Crippen molar-refractivity contribution in [3.05, 3.63) is 39.7 Å². The van der Waals surface area contributed by atoms with Gasteiger partial charge in [0.15, 0.2) is 0 Å². The van der Waals surface area contributed by atoms with Crippen molar-refractivity contribution >= 4 is 5.69 Å². The maximum atomic E-state index is 13.3. The number of benzene rings is 1. The van der Waals surface area contributed by atoms with Crippen LogP contribution in [0.15, 0.2) is 18.2 Å². The molecular weight excluding hydrogens is 235 g/mol. The molecule has 5 heteroatoms. The van der Waals surface area contributed by atoms with E-state index in [1.165, 1.54) is 12.1 Å². The summed E-state index contributed by atoms with van der Waals surface area (Å²) in [7, 11) is 0. The van der Waals surface area contributed by atoms with Crippen LogP contribution in [-0.4, -0.2) is 4.92 Å². The minimum absolute atomic E-state index is 0.254. The summed E-state index contributed by atoms with van der Waals surface area (Å²) in [6.45, 7) is 0. The van der Waals surface area contributed by atoms with Crippen LogP contribution in [0, 0.1) is 32.7 Å². The molecule has 1 fully saturated rings. The Balaban J connectivity index is 2.29. The first kappa shape index (κ1) is 12.5. The molecule has 0 spiro atoms. The van der Waals surface area contributed by atoms with Crippen LogP contribution in [0.4, 0.5) is 10.1 Å². The fraction of sp³-hybridized carbons (Fsp3) is 0.462. The van der Waals surface area contributed by atoms with Crippen molar-refractivity contribution in [1.82, 2.24) is 0 Å². The van der Waals surface area contributed by atoms with Crippen molar-refractivity contribution in [2.24, 2.45) is 5.41 Å². The monoisotopic (exact) mass is 248 g/mol. The Hall–Kier alpha value is -1.96. The van der Waals surface area contributed by atoms with Crippen LogP contribution in [-0.2, 0) is 6.42 Å². The van der Waals surface area contributed by atoms with Gasteiger partial charge in [-0.25, -0.2) is 4.39 Å². The number of nitrogens with zero attached hydrogens (tertiary/aromatic N) is 2. The molecule has 0 saturated heterocycles. The smallest absolute Gasteiger partial charge is 0.258 e. The van der Waals surface area contributed by atoms with E-state index in [0.29, 0.717) is 12.0 Å². The molecule has 0 amide bonds. The third kappa shape index (κ3) is 2.48. The first-order chi connectivity index (χ1) is 8.54. The topological polar surface area (TPSA) is 66.9 Å². The van der Waals surface area contributed by atoms with Gasteiger partial charge in [0.1, 0.15) is 5.82 Å². The summed E-state index contributed by atoms with van der Waals surface area (Å²) < 4.78 is 13.3. The molecule has 1 aliphatic rings. The fourth-order valence-electron chi connectivity index (χ4n) is 2.61. The van der Waals surface area contributed by atoms with E-state index in [2.05, 4.69) is 6.07 Å². The molecule has 0 bridgehead atoms. The summed E-state index contributed by atoms with van der Waals surface area (Å²) in [6, 6.07) is 5.85. The van der Waals surface area contributed by atoms with E-state index in [1.54, 1.807) is 0 Å². The van der Waals surface area contributed by atoms with E-state index in [1.807, 2.05) is 0 Å². The van der Waals surface area contributed by atoms with Gasteiger partial charge < -0.3 is 0 Å². The molecule has 0 unspecified atom stereocenters. The third-order valence-electron chi connectivity index (χ3n) is 3.49. The van der Waals surface area contributed by atoms with Gasteiger partial charge in [-0.05, 0) is 30.9 Å². The van der Waals surface area contributed by atoms with Crippen molar-refractivity contribution in [1.29, 1.82) is 5.26 Å². The SMILES string of the molecule is N#CC1(Cc2cc(F)cc([N+](=O)[O-])c2)CCCC1. The molecule has 2 rings (SSSR count). The number of nitro groups is 1. The molecule has 1 aliphatic carbocycles. The third-order valence-corrected chi connectivity index (χ3v) is 3.49. The van der Waals surface area contributed by atoms with E-state index >= 15 is 0 Å². The first-order valence-corrected chi connectivity index (χ1v) is 5.90. The van der Waals surface area contributed by atoms with Gasteiger partial charge in [-0.2, -0.15) is 5.26 Å². The molecule has 1 saturated carbocycles. The Bertz CT molecular complexity index is 516. The lowest BCUT2D eigenvalue weighted by Crippen LogP contribution is -2.17. The van der Waals surface area contributed by atoms with Gasteiger partial charge in [0.25, 0.3) is 5.69 Å². The predicted molar refractivity (Wildman–Crippen MR) is 63.3 cm³/mol. The molecule has 0 atom stereocenters. The predicted octanol–water partition coefficient (Wildman–Crippen LogP) is 3.36. The maximum absolute atomic E-state index is 13.3. The van der Waals surface area contributed by atoms with Crippen molar-refractivity contribution in [3.63, 3.8) is 0 Å². The zero-order valence-electron chi connectivity index (χ0n) is 9.86. The summed E-state index contributed by atoms with van der Waals surface area (Å²) in [5, 5.41) is 19.9. The van der Waals surface area contributed by atoms with Crippen LogP contribution in [0.2, 0.25) is 0 Å². The Morgan fingerprint density at radius 3 is 2.61 bits per heavy atom. The number of nitriles is 1. The highest BCUT2D eigenvalue weighted by atomic mass is 19.1. The molecule has 0 heterocycles. The van der Waals surface area contributed by atoms with E-state index in [9.17, 15) is 19.8 Å². The van der Waals surface area contributed by atoms with Crippen LogP contribution in [0.3, 0.4) is 0 Å². The van der Waals surface area contributed by atoms with Crippen LogP contribution >= 0.6 is 0 Å². The number of rotatable bonds is 3. The normalized spacial score (nSPS) is 17.3. The number of non-ortho nitro benzene ring substituents is 1. The van der Waals surface area contributed by atoms with Gasteiger partial charge >= 0.3 is 0 Å². The largest absolute Gasteiger partial charge is 0.272 e. The van der Waals surface area contributed by atoms with Gasteiger partial charge in [0, 0.05) is 6.07 Å². The maximum Gasteiger partial charge on any atom is 0.272 e. The van der Waals surface area contributed by atoms with Crippen molar-refractivity contribution in [2.75, 3.05) is 0 Å². The standard InChI is InChI=1S/C13H13FN2O2/c14-11-5-10(6-12(7-11)16(17)18)8-13(9-15)3-1-2-4-13/h5-7H,1-4,8H2. The Labute approximate surface area is 104 Å². The highest BCUT2D eigenvalue weighted by Gasteiger charge is 2.34. The highest BCUT2D eigenvalue weighted by molar-refractivity contribution is 5.36. The lowest BCUT2D eigenvalue weighted by molar-refractivity contribution is -0.385. The number of hydrogen-bond acceptors (Lipinski definition) is 3. The second-order valence-electron chi connectivity index (χ2n) is 4.85. The lowest BCUT2D eigenvalue weighted by Gasteiger charge is -2.19. The molecule has 0 aromatic heterocycles. The summed E-state index contributed by atoms with van der Waals surface area (Å²) in [5.74, 6) is -0.620. The summed E-state index contributed by atoms with van der Waals surface area (Å²) >= 11 is 0. The average Bonchev–Trinajstić information content (AvgIpc) is 2.77. The van der Waals surface area contributed by atoms with E-state index in [4.69, 9.17) is 0 Å². The summed E-state index contributed by atoms with van der Waals surface area (Å²) in [5.41, 5.74) is -0.192. The minimum Gasteiger partial charge on any atom is -0.258 e. The van der Waals surface area contributed by atoms with E-state index < -0.39 is 16.2 Å². The molecule has 0 radical (unpaired) electrons. The van der Waals surface area contributed by atoms with E-state index in [-0.39, 0.29) is 5.69 Å². The Morgan fingerprint density at radius 2 is 2.06 bits per heavy atom. The molecule has 0 N–H and O–H groups in total. The number of halogens is 1. The van der Waals surface area contributed by atoms with Gasteiger partial charge in [0.05, 0.1) is 22.5 Å². The number of nitro benzene ring substituents is 1. The quantitative estimate of drug-likeness (QED) is 0.608. The van der Waals surface area contributed by atoms with Crippen LogP contribution in [0.1, 0.15) is 31.2 Å². The van der Waals surface area contributed by atoms with Gasteiger partial charge in [-0.15, -0.1) is 0 Å². The fourth-order valence-corrected chi connectivity index (χ4v) is 2.61. The van der Waals surface area contributed by atoms with Gasteiger partial charge in [-0.3, -0.25) is 10.1 Å². The number of hydrogen-bond donors (Lipinski definition) is 0. The van der Waals surface area contributed by atoms with Crippen molar-refractivity contribution < 1.29 is 9.31 Å². The minimum atomic E-state index is -0.620. The van der Waals surface area contributed by atoms with Crippen LogP contribution in [0.5, 0.6) is 0 Å². The molecule has 0 aliphatic heterocycles. The Morgan fingerprint density at radius 1 is 1.39 bits per heavy atom. The highest BCUT2D eigenvalue weighted by Crippen LogP contribution is 2.40. The van der Waals surface area contributed by atoms with Crippen molar-refractivity contribution in [3.8, 4) is 6.07 Å². The van der Waals surface area contributed by atoms with Crippen molar-refractivity contribution in [2.45, 2.75) is 32.1 Å². The first-order valence-electron chi connectivity index (χ1n) is 5.90. The molecule has 4 nitrogen and oxygen atoms in total. The molecular formula is C13H13FN2O2.